The van der Waals surface area contributed by atoms with Crippen LogP contribution in [0.1, 0.15) is 47.0 Å². The maximum absolute atomic E-state index is 11.7. The standard InChI is InChI=1S/C11H20O3.Ti/c1-5-11(4,6-2)9(12)8-10(13)14-7-3;/h5-8H2,1-4H3;. The smallest absolute Gasteiger partial charge is 0.313 e. The molecule has 0 aromatic heterocycles. The minimum atomic E-state index is -0.411. The van der Waals surface area contributed by atoms with Crippen molar-refractivity contribution in [2.45, 2.75) is 47.0 Å². The van der Waals surface area contributed by atoms with Gasteiger partial charge in [0.25, 0.3) is 0 Å². The summed E-state index contributed by atoms with van der Waals surface area (Å²) in [5.41, 5.74) is -0.368. The zero-order valence-corrected chi connectivity index (χ0v) is 11.6. The van der Waals surface area contributed by atoms with Crippen LogP contribution in [0.15, 0.2) is 0 Å². The van der Waals surface area contributed by atoms with Crippen LogP contribution in [0.3, 0.4) is 0 Å². The molecule has 0 aliphatic rings. The Bertz CT molecular complexity index is 210. The van der Waals surface area contributed by atoms with E-state index in [4.69, 9.17) is 4.74 Å². The van der Waals surface area contributed by atoms with Crippen molar-refractivity contribution in [1.29, 1.82) is 0 Å². The number of hydrogen-bond donors (Lipinski definition) is 0. The third-order valence-corrected chi connectivity index (χ3v) is 2.84. The van der Waals surface area contributed by atoms with E-state index in [-0.39, 0.29) is 39.3 Å². The van der Waals surface area contributed by atoms with E-state index in [1.807, 2.05) is 20.8 Å². The molecule has 0 radical (unpaired) electrons. The molecule has 86 valence electrons. The van der Waals surface area contributed by atoms with E-state index < -0.39 is 5.97 Å². The van der Waals surface area contributed by atoms with E-state index in [2.05, 4.69) is 0 Å². The Morgan fingerprint density at radius 3 is 1.93 bits per heavy atom. The molecule has 4 heteroatoms. The molecule has 0 unspecified atom stereocenters. The van der Waals surface area contributed by atoms with Gasteiger partial charge in [0.1, 0.15) is 12.2 Å². The molecular weight excluding hydrogens is 228 g/mol. The summed E-state index contributed by atoms with van der Waals surface area (Å²) in [7, 11) is 0. The molecule has 0 rings (SSSR count). The van der Waals surface area contributed by atoms with Gasteiger partial charge in [-0.05, 0) is 19.8 Å². The zero-order valence-electron chi connectivity index (χ0n) is 10.1. The van der Waals surface area contributed by atoms with Crippen molar-refractivity contribution in [1.82, 2.24) is 0 Å². The van der Waals surface area contributed by atoms with Crippen molar-refractivity contribution in [3.8, 4) is 0 Å². The van der Waals surface area contributed by atoms with Gasteiger partial charge in [-0.25, -0.2) is 0 Å². The summed E-state index contributed by atoms with van der Waals surface area (Å²) in [5, 5.41) is 0. The Kier molecular flexibility index (Phi) is 9.27. The number of ketones is 1. The van der Waals surface area contributed by atoms with Gasteiger partial charge in [-0.1, -0.05) is 20.8 Å². The molecular formula is C11H20O3Ti. The molecule has 0 N–H and O–H groups in total. The first-order valence-electron chi connectivity index (χ1n) is 5.19. The van der Waals surface area contributed by atoms with Gasteiger partial charge in [0.2, 0.25) is 0 Å². The van der Waals surface area contributed by atoms with Crippen LogP contribution in [-0.4, -0.2) is 18.4 Å². The summed E-state index contributed by atoms with van der Waals surface area (Å²) in [6.07, 6.45) is 1.44. The third kappa shape index (κ3) is 5.48. The number of ether oxygens (including phenoxy) is 1. The molecule has 0 saturated carbocycles. The predicted molar refractivity (Wildman–Crippen MR) is 54.9 cm³/mol. The van der Waals surface area contributed by atoms with Crippen LogP contribution >= 0.6 is 0 Å². The van der Waals surface area contributed by atoms with Crippen molar-refractivity contribution >= 4 is 11.8 Å². The quantitative estimate of drug-likeness (QED) is 0.411. The van der Waals surface area contributed by atoms with Gasteiger partial charge >= 0.3 is 5.97 Å². The van der Waals surface area contributed by atoms with Crippen LogP contribution in [0.4, 0.5) is 0 Å². The summed E-state index contributed by atoms with van der Waals surface area (Å²) in [5.74, 6) is -0.424. The van der Waals surface area contributed by atoms with Gasteiger partial charge in [0.15, 0.2) is 0 Å². The van der Waals surface area contributed by atoms with E-state index in [1.54, 1.807) is 6.92 Å². The second kappa shape index (κ2) is 8.06. The molecule has 0 aliphatic heterocycles. The topological polar surface area (TPSA) is 43.4 Å². The number of rotatable bonds is 6. The molecule has 0 heterocycles. The Balaban J connectivity index is 0. The molecule has 0 fully saturated rings. The maximum atomic E-state index is 11.7. The largest absolute Gasteiger partial charge is 0.466 e. The van der Waals surface area contributed by atoms with Crippen molar-refractivity contribution in [2.24, 2.45) is 5.41 Å². The fraction of sp³-hybridized carbons (Fsp3) is 0.818. The van der Waals surface area contributed by atoms with Crippen molar-refractivity contribution < 1.29 is 36.0 Å². The van der Waals surface area contributed by atoms with Gasteiger partial charge in [-0.15, -0.1) is 0 Å². The average Bonchev–Trinajstić information content (AvgIpc) is 2.16. The van der Waals surface area contributed by atoms with Crippen molar-refractivity contribution in [3.05, 3.63) is 0 Å². The molecule has 0 bridgehead atoms. The summed E-state index contributed by atoms with van der Waals surface area (Å²) < 4.78 is 4.74. The first-order chi connectivity index (χ1) is 6.50. The molecule has 0 atom stereocenters. The van der Waals surface area contributed by atoms with E-state index in [0.29, 0.717) is 6.61 Å². The van der Waals surface area contributed by atoms with Gasteiger partial charge in [0, 0.05) is 27.1 Å². The summed E-state index contributed by atoms with van der Waals surface area (Å²) in [6.45, 7) is 7.90. The second-order valence-corrected chi connectivity index (χ2v) is 3.67. The van der Waals surface area contributed by atoms with Crippen molar-refractivity contribution in [2.75, 3.05) is 6.61 Å². The second-order valence-electron chi connectivity index (χ2n) is 3.67. The average molecular weight is 248 g/mol. The molecule has 0 aliphatic carbocycles. The molecule has 15 heavy (non-hydrogen) atoms. The predicted octanol–water partition coefficient (Wildman–Crippen LogP) is 2.33. The van der Waals surface area contributed by atoms with Crippen LogP contribution in [0.2, 0.25) is 0 Å². The normalized spacial score (nSPS) is 10.4. The Morgan fingerprint density at radius 1 is 1.13 bits per heavy atom. The molecule has 0 amide bonds. The van der Waals surface area contributed by atoms with Gasteiger partial charge in [-0.3, -0.25) is 9.59 Å². The fourth-order valence-electron chi connectivity index (χ4n) is 1.20. The van der Waals surface area contributed by atoms with E-state index >= 15 is 0 Å². The van der Waals surface area contributed by atoms with E-state index in [1.165, 1.54) is 0 Å². The SMILES string of the molecule is CCOC(=O)CC(=O)C(C)(CC)CC.[Ti]. The van der Waals surface area contributed by atoms with Crippen LogP contribution in [-0.2, 0) is 36.0 Å². The zero-order chi connectivity index (χ0) is 11.2. The van der Waals surface area contributed by atoms with Gasteiger partial charge in [0.05, 0.1) is 6.61 Å². The van der Waals surface area contributed by atoms with Crippen LogP contribution < -0.4 is 0 Å². The van der Waals surface area contributed by atoms with Crippen molar-refractivity contribution in [3.63, 3.8) is 0 Å². The minimum Gasteiger partial charge on any atom is -0.466 e. The van der Waals surface area contributed by atoms with Gasteiger partial charge < -0.3 is 4.74 Å². The van der Waals surface area contributed by atoms with E-state index in [9.17, 15) is 9.59 Å². The summed E-state index contributed by atoms with van der Waals surface area (Å²) in [4.78, 5) is 22.8. The van der Waals surface area contributed by atoms with E-state index in [0.717, 1.165) is 12.8 Å². The number of carbonyl (C=O) groups excluding carboxylic acids is 2. The summed E-state index contributed by atoms with van der Waals surface area (Å²) >= 11 is 0. The molecule has 0 saturated heterocycles. The fourth-order valence-corrected chi connectivity index (χ4v) is 1.20. The number of Topliss-reactive ketones (excluding diaryl/α,β-unsaturated/α-hetero) is 1. The number of hydrogen-bond acceptors (Lipinski definition) is 3. The first kappa shape index (κ1) is 17.3. The summed E-state index contributed by atoms with van der Waals surface area (Å²) in [6, 6.07) is 0. The van der Waals surface area contributed by atoms with Gasteiger partial charge in [-0.2, -0.15) is 0 Å². The Labute approximate surface area is 107 Å². The molecule has 3 nitrogen and oxygen atoms in total. The number of esters is 1. The van der Waals surface area contributed by atoms with Crippen LogP contribution in [0.25, 0.3) is 0 Å². The Hall–Kier alpha value is -0.146. The first-order valence-corrected chi connectivity index (χ1v) is 5.19. The monoisotopic (exact) mass is 248 g/mol. The van der Waals surface area contributed by atoms with Crippen LogP contribution in [0, 0.1) is 5.41 Å². The molecule has 0 aromatic rings. The minimum absolute atomic E-state index is 0. The Morgan fingerprint density at radius 2 is 1.60 bits per heavy atom. The van der Waals surface area contributed by atoms with Crippen LogP contribution in [0.5, 0.6) is 0 Å². The number of carbonyl (C=O) groups is 2. The molecule has 0 spiro atoms. The maximum Gasteiger partial charge on any atom is 0.313 e. The third-order valence-electron chi connectivity index (χ3n) is 2.84. The molecule has 0 aromatic carbocycles.